The standard InChI is InChI=1S/C33H28ClN5O3/c1-22(40)37-14-13-36-19-26-16-29(34)31(17-30(26)41-20-24-8-5-7-23(15-24)18-35)42-33-28-12-6-11-27(32(28)38-21-39-33)25-9-3-2-4-10-25/h2-12,15-17,21,36H,13-14,19-20H2,1H3,(H,37,40). The molecule has 9 heteroatoms. The van der Waals surface area contributed by atoms with E-state index in [4.69, 9.17) is 21.1 Å². The van der Waals surface area contributed by atoms with Crippen molar-refractivity contribution in [3.63, 3.8) is 0 Å². The number of amides is 1. The van der Waals surface area contributed by atoms with Crippen LogP contribution in [-0.2, 0) is 17.9 Å². The number of aromatic nitrogens is 2. The van der Waals surface area contributed by atoms with E-state index in [9.17, 15) is 10.1 Å². The van der Waals surface area contributed by atoms with Gasteiger partial charge in [0.1, 0.15) is 18.7 Å². The average Bonchev–Trinajstić information content (AvgIpc) is 3.01. The largest absolute Gasteiger partial charge is 0.488 e. The molecule has 0 saturated carbocycles. The van der Waals surface area contributed by atoms with Gasteiger partial charge in [0.2, 0.25) is 11.8 Å². The number of carbonyl (C=O) groups excluding carboxylic acids is 1. The lowest BCUT2D eigenvalue weighted by Gasteiger charge is -2.16. The number of carbonyl (C=O) groups is 1. The molecule has 0 saturated heterocycles. The first-order valence-electron chi connectivity index (χ1n) is 13.4. The highest BCUT2D eigenvalue weighted by Gasteiger charge is 2.16. The van der Waals surface area contributed by atoms with E-state index < -0.39 is 0 Å². The summed E-state index contributed by atoms with van der Waals surface area (Å²) < 4.78 is 12.5. The maximum atomic E-state index is 11.2. The van der Waals surface area contributed by atoms with Crippen LogP contribution < -0.4 is 20.1 Å². The summed E-state index contributed by atoms with van der Waals surface area (Å²) in [6.07, 6.45) is 1.48. The molecular formula is C33H28ClN5O3. The molecule has 2 N–H and O–H groups in total. The molecule has 8 nitrogen and oxygen atoms in total. The second-order valence-electron chi connectivity index (χ2n) is 9.50. The quantitative estimate of drug-likeness (QED) is 0.174. The van der Waals surface area contributed by atoms with E-state index in [-0.39, 0.29) is 12.5 Å². The number of nitriles is 1. The molecule has 0 unspecified atom stereocenters. The Morgan fingerprint density at radius 2 is 1.79 bits per heavy atom. The van der Waals surface area contributed by atoms with E-state index >= 15 is 0 Å². The summed E-state index contributed by atoms with van der Waals surface area (Å²) in [7, 11) is 0. The van der Waals surface area contributed by atoms with Crippen LogP contribution in [0.25, 0.3) is 22.0 Å². The zero-order chi connectivity index (χ0) is 29.3. The Kier molecular flexibility index (Phi) is 9.24. The van der Waals surface area contributed by atoms with Gasteiger partial charge in [-0.25, -0.2) is 9.97 Å². The van der Waals surface area contributed by atoms with Gasteiger partial charge in [-0.1, -0.05) is 66.2 Å². The zero-order valence-electron chi connectivity index (χ0n) is 22.9. The molecule has 4 aromatic carbocycles. The van der Waals surface area contributed by atoms with Crippen molar-refractivity contribution in [1.29, 1.82) is 5.26 Å². The maximum Gasteiger partial charge on any atom is 0.230 e. The van der Waals surface area contributed by atoms with Crippen molar-refractivity contribution >= 4 is 28.4 Å². The fourth-order valence-electron chi connectivity index (χ4n) is 4.47. The topological polar surface area (TPSA) is 109 Å². The maximum absolute atomic E-state index is 11.2. The van der Waals surface area contributed by atoms with Crippen molar-refractivity contribution in [2.75, 3.05) is 13.1 Å². The molecule has 1 heterocycles. The predicted octanol–water partition coefficient (Wildman–Crippen LogP) is 6.42. The second kappa shape index (κ2) is 13.6. The smallest absolute Gasteiger partial charge is 0.230 e. The lowest BCUT2D eigenvalue weighted by molar-refractivity contribution is -0.118. The number of nitrogens with zero attached hydrogens (tertiary/aromatic N) is 3. The third-order valence-electron chi connectivity index (χ3n) is 6.48. The van der Waals surface area contributed by atoms with Crippen molar-refractivity contribution in [2.45, 2.75) is 20.1 Å². The Balaban J connectivity index is 1.44. The first-order valence-corrected chi connectivity index (χ1v) is 13.8. The van der Waals surface area contributed by atoms with Crippen molar-refractivity contribution < 1.29 is 14.3 Å². The summed E-state index contributed by atoms with van der Waals surface area (Å²) in [5.41, 5.74) is 4.99. The van der Waals surface area contributed by atoms with E-state index in [1.54, 1.807) is 24.3 Å². The monoisotopic (exact) mass is 577 g/mol. The summed E-state index contributed by atoms with van der Waals surface area (Å²) in [6.45, 7) is 3.23. The fourth-order valence-corrected chi connectivity index (χ4v) is 4.69. The summed E-state index contributed by atoms with van der Waals surface area (Å²) in [6, 6.07) is 28.8. The van der Waals surface area contributed by atoms with Gasteiger partial charge in [0.05, 0.1) is 27.6 Å². The van der Waals surface area contributed by atoms with Crippen LogP contribution in [0.1, 0.15) is 23.6 Å². The summed E-state index contributed by atoms with van der Waals surface area (Å²) in [4.78, 5) is 20.1. The van der Waals surface area contributed by atoms with Crippen molar-refractivity contribution in [1.82, 2.24) is 20.6 Å². The van der Waals surface area contributed by atoms with E-state index in [1.807, 2.05) is 60.7 Å². The van der Waals surface area contributed by atoms with Crippen LogP contribution in [-0.4, -0.2) is 29.0 Å². The van der Waals surface area contributed by atoms with Crippen LogP contribution in [0.5, 0.6) is 17.4 Å². The molecule has 0 spiro atoms. The molecule has 0 aliphatic heterocycles. The summed E-state index contributed by atoms with van der Waals surface area (Å²) in [5.74, 6) is 1.23. The Hall–Kier alpha value is -4.97. The van der Waals surface area contributed by atoms with Crippen LogP contribution in [0.4, 0.5) is 0 Å². The SMILES string of the molecule is CC(=O)NCCNCc1cc(Cl)c(Oc2ncnc3c(-c4ccccc4)cccc23)cc1OCc1cccc(C#N)c1. The van der Waals surface area contributed by atoms with Crippen molar-refractivity contribution in [3.05, 3.63) is 113 Å². The first kappa shape index (κ1) is 28.6. The minimum absolute atomic E-state index is 0.0851. The van der Waals surface area contributed by atoms with Crippen LogP contribution in [0.3, 0.4) is 0 Å². The van der Waals surface area contributed by atoms with Gasteiger partial charge in [-0.15, -0.1) is 0 Å². The Bertz CT molecular complexity index is 1750. The van der Waals surface area contributed by atoms with Gasteiger partial charge in [-0.2, -0.15) is 5.26 Å². The predicted molar refractivity (Wildman–Crippen MR) is 162 cm³/mol. The Morgan fingerprint density at radius 1 is 0.952 bits per heavy atom. The molecule has 5 aromatic rings. The van der Waals surface area contributed by atoms with Gasteiger partial charge < -0.3 is 20.1 Å². The number of hydrogen-bond acceptors (Lipinski definition) is 7. The number of hydrogen-bond donors (Lipinski definition) is 2. The van der Waals surface area contributed by atoms with E-state index in [2.05, 4.69) is 26.7 Å². The molecule has 0 aliphatic rings. The molecule has 210 valence electrons. The molecule has 0 atom stereocenters. The normalized spacial score (nSPS) is 10.7. The van der Waals surface area contributed by atoms with Gasteiger partial charge in [0, 0.05) is 43.8 Å². The molecular weight excluding hydrogens is 550 g/mol. The number of fused-ring (bicyclic) bond motifs is 1. The number of para-hydroxylation sites is 1. The highest BCUT2D eigenvalue weighted by molar-refractivity contribution is 6.32. The van der Waals surface area contributed by atoms with Crippen LogP contribution >= 0.6 is 11.6 Å². The van der Waals surface area contributed by atoms with Gasteiger partial charge in [0.25, 0.3) is 0 Å². The highest BCUT2D eigenvalue weighted by atomic mass is 35.5. The average molecular weight is 578 g/mol. The molecule has 0 radical (unpaired) electrons. The lowest BCUT2D eigenvalue weighted by Crippen LogP contribution is -2.30. The fraction of sp³-hybridized carbons (Fsp3) is 0.152. The zero-order valence-corrected chi connectivity index (χ0v) is 23.7. The minimum Gasteiger partial charge on any atom is -0.488 e. The lowest BCUT2D eigenvalue weighted by atomic mass is 10.0. The van der Waals surface area contributed by atoms with Crippen molar-refractivity contribution in [3.8, 4) is 34.6 Å². The van der Waals surface area contributed by atoms with E-state index in [0.717, 1.165) is 33.2 Å². The third-order valence-corrected chi connectivity index (χ3v) is 6.77. The molecule has 0 fully saturated rings. The Labute approximate surface area is 248 Å². The molecule has 0 aliphatic carbocycles. The highest BCUT2D eigenvalue weighted by Crippen LogP contribution is 2.38. The number of nitrogens with one attached hydrogen (secondary N) is 2. The third kappa shape index (κ3) is 7.02. The van der Waals surface area contributed by atoms with Crippen LogP contribution in [0.2, 0.25) is 5.02 Å². The number of rotatable bonds is 11. The molecule has 1 aromatic heterocycles. The number of ether oxygens (including phenoxy) is 2. The molecule has 42 heavy (non-hydrogen) atoms. The Morgan fingerprint density at radius 3 is 2.60 bits per heavy atom. The molecule has 5 rings (SSSR count). The first-order chi connectivity index (χ1) is 20.5. The van der Waals surface area contributed by atoms with Gasteiger partial charge in [0.15, 0.2) is 5.75 Å². The van der Waals surface area contributed by atoms with Gasteiger partial charge in [-0.3, -0.25) is 4.79 Å². The van der Waals surface area contributed by atoms with Gasteiger partial charge >= 0.3 is 0 Å². The van der Waals surface area contributed by atoms with Crippen LogP contribution in [0, 0.1) is 11.3 Å². The number of halogens is 1. The van der Waals surface area contributed by atoms with Crippen molar-refractivity contribution in [2.24, 2.45) is 0 Å². The van der Waals surface area contributed by atoms with E-state index in [1.165, 1.54) is 13.3 Å². The molecule has 0 bridgehead atoms. The van der Waals surface area contributed by atoms with Crippen LogP contribution in [0.15, 0.2) is 91.3 Å². The summed E-state index contributed by atoms with van der Waals surface area (Å²) >= 11 is 6.72. The second-order valence-corrected chi connectivity index (χ2v) is 9.91. The van der Waals surface area contributed by atoms with E-state index in [0.29, 0.717) is 47.6 Å². The van der Waals surface area contributed by atoms with Gasteiger partial charge in [-0.05, 0) is 35.4 Å². The summed E-state index contributed by atoms with van der Waals surface area (Å²) in [5, 5.41) is 16.5. The minimum atomic E-state index is -0.0851. The number of benzene rings is 4. The molecule has 1 amide bonds.